The number of amides is 1. The Morgan fingerprint density at radius 1 is 1.35 bits per heavy atom. The highest BCUT2D eigenvalue weighted by Crippen LogP contribution is 2.28. The number of rotatable bonds is 7. The molecule has 112 valence electrons. The molecule has 3 N–H and O–H groups in total. The van der Waals surface area contributed by atoms with Gasteiger partial charge in [0, 0.05) is 23.1 Å². The van der Waals surface area contributed by atoms with Crippen LogP contribution >= 0.6 is 15.9 Å². The number of benzene rings is 1. The Labute approximate surface area is 129 Å². The number of nitrogens with one attached hydrogen (secondary N) is 1. The van der Waals surface area contributed by atoms with Crippen LogP contribution in [0.5, 0.6) is 0 Å². The summed E-state index contributed by atoms with van der Waals surface area (Å²) < 4.78 is 0.982. The van der Waals surface area contributed by atoms with Crippen molar-refractivity contribution in [3.05, 3.63) is 28.2 Å². The first kappa shape index (κ1) is 17.0. The lowest BCUT2D eigenvalue weighted by Gasteiger charge is -2.29. The summed E-state index contributed by atoms with van der Waals surface area (Å²) in [7, 11) is 0. The number of nitrogens with zero attached hydrogens (tertiary/aromatic N) is 1. The fourth-order valence-corrected chi connectivity index (χ4v) is 2.58. The van der Waals surface area contributed by atoms with E-state index in [2.05, 4.69) is 47.2 Å². The first-order chi connectivity index (χ1) is 9.31. The minimum absolute atomic E-state index is 0.207. The van der Waals surface area contributed by atoms with Crippen molar-refractivity contribution in [3.63, 3.8) is 0 Å². The number of halogens is 1. The number of carbonyl (C=O) groups is 1. The Bertz CT molecular complexity index is 460. The predicted octanol–water partition coefficient (Wildman–Crippen LogP) is 2.65. The molecule has 0 aliphatic carbocycles. The second kappa shape index (κ2) is 7.64. The molecule has 0 saturated carbocycles. The van der Waals surface area contributed by atoms with Gasteiger partial charge in [0.05, 0.1) is 12.2 Å². The Hall–Kier alpha value is -1.07. The second-order valence-corrected chi connectivity index (χ2v) is 6.36. The van der Waals surface area contributed by atoms with Gasteiger partial charge in [0.15, 0.2) is 0 Å². The standard InChI is InChI=1S/C15H24BrN3O/c1-10(2)18-8-12-5-6-14(13(16)7-12)19(11(3)4)9-15(17)20/h5-7,10-11,18H,8-9H2,1-4H3,(H2,17,20). The SMILES string of the molecule is CC(C)NCc1ccc(N(CC(N)=O)C(C)C)c(Br)c1. The van der Waals surface area contributed by atoms with Crippen molar-refractivity contribution < 1.29 is 4.79 Å². The van der Waals surface area contributed by atoms with Crippen molar-refractivity contribution in [2.75, 3.05) is 11.4 Å². The Kier molecular flexibility index (Phi) is 6.49. The van der Waals surface area contributed by atoms with Crippen LogP contribution in [0.2, 0.25) is 0 Å². The van der Waals surface area contributed by atoms with Crippen LogP contribution in [0, 0.1) is 0 Å². The minimum atomic E-state index is -0.323. The molecule has 20 heavy (non-hydrogen) atoms. The highest BCUT2D eigenvalue weighted by atomic mass is 79.9. The van der Waals surface area contributed by atoms with Gasteiger partial charge in [0.1, 0.15) is 0 Å². The van der Waals surface area contributed by atoms with Crippen molar-refractivity contribution in [1.82, 2.24) is 5.32 Å². The zero-order valence-electron chi connectivity index (χ0n) is 12.6. The van der Waals surface area contributed by atoms with Crippen LogP contribution in [0.4, 0.5) is 5.69 Å². The molecule has 0 bridgehead atoms. The number of anilines is 1. The van der Waals surface area contributed by atoms with E-state index in [4.69, 9.17) is 5.73 Å². The normalized spacial score (nSPS) is 11.2. The van der Waals surface area contributed by atoms with Crippen LogP contribution in [0.15, 0.2) is 22.7 Å². The fraction of sp³-hybridized carbons (Fsp3) is 0.533. The number of carbonyl (C=O) groups excluding carboxylic acids is 1. The van der Waals surface area contributed by atoms with E-state index in [1.807, 2.05) is 24.8 Å². The Balaban J connectivity index is 2.92. The summed E-state index contributed by atoms with van der Waals surface area (Å²) in [6, 6.07) is 6.85. The summed E-state index contributed by atoms with van der Waals surface area (Å²) in [5.41, 5.74) is 7.52. The number of hydrogen-bond acceptors (Lipinski definition) is 3. The summed E-state index contributed by atoms with van der Waals surface area (Å²) in [4.78, 5) is 13.2. The molecule has 0 atom stereocenters. The quantitative estimate of drug-likeness (QED) is 0.801. The number of nitrogens with two attached hydrogens (primary N) is 1. The third-order valence-corrected chi connectivity index (χ3v) is 3.62. The monoisotopic (exact) mass is 341 g/mol. The topological polar surface area (TPSA) is 58.4 Å². The third kappa shape index (κ3) is 5.13. The van der Waals surface area contributed by atoms with Crippen molar-refractivity contribution in [2.24, 2.45) is 5.73 Å². The average Bonchev–Trinajstić information content (AvgIpc) is 2.33. The molecule has 0 radical (unpaired) electrons. The first-order valence-corrected chi connectivity index (χ1v) is 7.67. The van der Waals surface area contributed by atoms with Crippen molar-refractivity contribution >= 4 is 27.5 Å². The zero-order valence-corrected chi connectivity index (χ0v) is 14.2. The lowest BCUT2D eigenvalue weighted by molar-refractivity contribution is -0.116. The van der Waals surface area contributed by atoms with E-state index in [0.29, 0.717) is 6.04 Å². The van der Waals surface area contributed by atoms with Crippen molar-refractivity contribution in [2.45, 2.75) is 46.3 Å². The maximum Gasteiger partial charge on any atom is 0.236 e. The number of primary amides is 1. The molecule has 5 heteroatoms. The van der Waals surface area contributed by atoms with Gasteiger partial charge in [-0.05, 0) is 47.5 Å². The summed E-state index contributed by atoms with van der Waals surface area (Å²) in [5.74, 6) is -0.323. The van der Waals surface area contributed by atoms with Gasteiger partial charge in [0.2, 0.25) is 5.91 Å². The van der Waals surface area contributed by atoms with Crippen LogP contribution in [-0.4, -0.2) is 24.5 Å². The lowest BCUT2D eigenvalue weighted by atomic mass is 10.1. The fourth-order valence-electron chi connectivity index (χ4n) is 1.93. The van der Waals surface area contributed by atoms with Crippen molar-refractivity contribution in [3.8, 4) is 0 Å². The molecule has 4 nitrogen and oxygen atoms in total. The van der Waals surface area contributed by atoms with Gasteiger partial charge in [-0.15, -0.1) is 0 Å². The summed E-state index contributed by atoms with van der Waals surface area (Å²) >= 11 is 3.59. The molecule has 0 heterocycles. The van der Waals surface area contributed by atoms with E-state index in [0.717, 1.165) is 16.7 Å². The second-order valence-electron chi connectivity index (χ2n) is 5.51. The summed E-state index contributed by atoms with van der Waals surface area (Å²) in [5, 5.41) is 3.38. The molecule has 0 aromatic heterocycles. The van der Waals surface area contributed by atoms with Gasteiger partial charge in [-0.1, -0.05) is 19.9 Å². The van der Waals surface area contributed by atoms with E-state index < -0.39 is 0 Å². The molecule has 1 aromatic rings. The van der Waals surface area contributed by atoms with Crippen LogP contribution in [-0.2, 0) is 11.3 Å². The smallest absolute Gasteiger partial charge is 0.236 e. The predicted molar refractivity (Wildman–Crippen MR) is 87.8 cm³/mol. The van der Waals surface area contributed by atoms with E-state index in [-0.39, 0.29) is 18.5 Å². The maximum atomic E-state index is 11.2. The van der Waals surface area contributed by atoms with Crippen LogP contribution in [0.25, 0.3) is 0 Å². The van der Waals surface area contributed by atoms with Gasteiger partial charge in [-0.3, -0.25) is 4.79 Å². The van der Waals surface area contributed by atoms with E-state index in [1.54, 1.807) is 0 Å². The lowest BCUT2D eigenvalue weighted by Crippen LogP contribution is -2.38. The highest BCUT2D eigenvalue weighted by molar-refractivity contribution is 9.10. The molecule has 0 spiro atoms. The zero-order chi connectivity index (χ0) is 15.3. The van der Waals surface area contributed by atoms with Gasteiger partial charge >= 0.3 is 0 Å². The van der Waals surface area contributed by atoms with Gasteiger partial charge in [-0.2, -0.15) is 0 Å². The number of hydrogen-bond donors (Lipinski definition) is 2. The highest BCUT2D eigenvalue weighted by Gasteiger charge is 2.16. The van der Waals surface area contributed by atoms with E-state index >= 15 is 0 Å². The van der Waals surface area contributed by atoms with Crippen LogP contribution in [0.3, 0.4) is 0 Å². The minimum Gasteiger partial charge on any atom is -0.368 e. The van der Waals surface area contributed by atoms with Gasteiger partial charge in [-0.25, -0.2) is 0 Å². The molecule has 1 amide bonds. The van der Waals surface area contributed by atoms with E-state index in [1.165, 1.54) is 5.56 Å². The first-order valence-electron chi connectivity index (χ1n) is 6.88. The average molecular weight is 342 g/mol. The molecule has 0 fully saturated rings. The van der Waals surface area contributed by atoms with Gasteiger partial charge in [0.25, 0.3) is 0 Å². The van der Waals surface area contributed by atoms with Gasteiger partial charge < -0.3 is 16.0 Å². The third-order valence-electron chi connectivity index (χ3n) is 2.99. The Morgan fingerprint density at radius 3 is 2.45 bits per heavy atom. The van der Waals surface area contributed by atoms with E-state index in [9.17, 15) is 4.79 Å². The molecular formula is C15H24BrN3O. The largest absolute Gasteiger partial charge is 0.368 e. The molecule has 0 saturated heterocycles. The summed E-state index contributed by atoms with van der Waals surface area (Å²) in [6.07, 6.45) is 0. The molecule has 0 aliphatic heterocycles. The molecular weight excluding hydrogens is 318 g/mol. The molecule has 0 aliphatic rings. The molecule has 0 unspecified atom stereocenters. The molecule has 1 rings (SSSR count). The maximum absolute atomic E-state index is 11.2. The van der Waals surface area contributed by atoms with Crippen molar-refractivity contribution in [1.29, 1.82) is 0 Å². The molecule has 1 aromatic carbocycles. The Morgan fingerprint density at radius 2 is 2.00 bits per heavy atom. The van der Waals surface area contributed by atoms with Crippen LogP contribution < -0.4 is 16.0 Å². The van der Waals surface area contributed by atoms with Crippen LogP contribution in [0.1, 0.15) is 33.3 Å². The summed E-state index contributed by atoms with van der Waals surface area (Å²) in [6.45, 7) is 9.38.